The number of fused-ring (bicyclic) bond motifs is 2. The zero-order valence-electron chi connectivity index (χ0n) is 25.7. The third kappa shape index (κ3) is 5.45. The number of aromatic amines is 1. The second-order valence-electron chi connectivity index (χ2n) is 11.8. The quantitative estimate of drug-likeness (QED) is 0.298. The Labute approximate surface area is 264 Å². The molecule has 1 atom stereocenters. The number of nitrogens with one attached hydrogen (secondary N) is 2. The van der Waals surface area contributed by atoms with Crippen molar-refractivity contribution < 1.29 is 23.9 Å². The van der Waals surface area contributed by atoms with E-state index in [1.807, 2.05) is 36.4 Å². The number of imide groups is 1. The molecule has 0 saturated carbocycles. The molecule has 0 bridgehead atoms. The number of piperidine rings is 1. The lowest BCUT2D eigenvalue weighted by Gasteiger charge is -2.36. The fraction of sp³-hybridized carbons (Fsp3) is 0.324. The minimum absolute atomic E-state index is 0.151. The largest absolute Gasteiger partial charge is 0.497 e. The monoisotopic (exact) mass is 622 g/mol. The Morgan fingerprint density at radius 3 is 2.41 bits per heavy atom. The van der Waals surface area contributed by atoms with Crippen molar-refractivity contribution in [3.63, 3.8) is 0 Å². The molecule has 0 spiro atoms. The van der Waals surface area contributed by atoms with Crippen molar-refractivity contribution in [3.8, 4) is 22.9 Å². The van der Waals surface area contributed by atoms with Crippen LogP contribution in [0.2, 0.25) is 0 Å². The first-order valence-corrected chi connectivity index (χ1v) is 15.3. The molecule has 0 radical (unpaired) electrons. The lowest BCUT2D eigenvalue weighted by Crippen LogP contribution is -2.52. The summed E-state index contributed by atoms with van der Waals surface area (Å²) in [6.07, 6.45) is 0.599. The summed E-state index contributed by atoms with van der Waals surface area (Å²) < 4.78 is 10.7. The minimum Gasteiger partial charge on any atom is -0.497 e. The number of methoxy groups -OCH3 is 2. The summed E-state index contributed by atoms with van der Waals surface area (Å²) in [7, 11) is 3.07. The van der Waals surface area contributed by atoms with Gasteiger partial charge in [-0.2, -0.15) is 0 Å². The van der Waals surface area contributed by atoms with E-state index >= 15 is 0 Å². The topological polar surface area (TPSA) is 137 Å². The second kappa shape index (κ2) is 11.9. The number of H-pyrrole nitrogens is 1. The van der Waals surface area contributed by atoms with Gasteiger partial charge in [0.15, 0.2) is 0 Å². The first kappa shape index (κ1) is 29.5. The van der Waals surface area contributed by atoms with Crippen molar-refractivity contribution in [1.29, 1.82) is 0 Å². The number of nitrogens with zero attached hydrogens (tertiary/aromatic N) is 4. The molecule has 3 aliphatic heterocycles. The highest BCUT2D eigenvalue weighted by molar-refractivity contribution is 6.05. The molecule has 3 aromatic carbocycles. The number of hydrogen-bond donors (Lipinski definition) is 2. The zero-order valence-corrected chi connectivity index (χ0v) is 25.7. The summed E-state index contributed by atoms with van der Waals surface area (Å²) in [5, 5.41) is 2.73. The molecule has 2 saturated heterocycles. The Balaban J connectivity index is 0.985. The van der Waals surface area contributed by atoms with Crippen LogP contribution in [0.1, 0.15) is 34.3 Å². The molecule has 2 N–H and O–H groups in total. The van der Waals surface area contributed by atoms with Crippen molar-refractivity contribution in [2.45, 2.75) is 32.0 Å². The average molecular weight is 623 g/mol. The maximum atomic E-state index is 13.2. The summed E-state index contributed by atoms with van der Waals surface area (Å²) in [6.45, 7) is 4.52. The van der Waals surface area contributed by atoms with Gasteiger partial charge in [0, 0.05) is 74.6 Å². The van der Waals surface area contributed by atoms with E-state index in [2.05, 4.69) is 31.2 Å². The molecule has 236 valence electrons. The van der Waals surface area contributed by atoms with Crippen LogP contribution < -0.4 is 25.2 Å². The molecule has 7 rings (SSSR count). The van der Waals surface area contributed by atoms with Gasteiger partial charge in [0.2, 0.25) is 11.8 Å². The Morgan fingerprint density at radius 2 is 1.70 bits per heavy atom. The van der Waals surface area contributed by atoms with Crippen molar-refractivity contribution >= 4 is 34.3 Å². The fourth-order valence-corrected chi connectivity index (χ4v) is 6.58. The number of aromatic nitrogens is 2. The van der Waals surface area contributed by atoms with E-state index in [9.17, 15) is 19.2 Å². The van der Waals surface area contributed by atoms with Gasteiger partial charge in [-0.1, -0.05) is 12.1 Å². The number of benzene rings is 3. The predicted octanol–water partition coefficient (Wildman–Crippen LogP) is 2.69. The summed E-state index contributed by atoms with van der Waals surface area (Å²) in [4.78, 5) is 63.9. The number of rotatable bonds is 7. The highest BCUT2D eigenvalue weighted by atomic mass is 16.5. The van der Waals surface area contributed by atoms with Gasteiger partial charge in [0.25, 0.3) is 11.5 Å². The van der Waals surface area contributed by atoms with Crippen LogP contribution in [-0.4, -0.2) is 83.9 Å². The first-order chi connectivity index (χ1) is 22.3. The van der Waals surface area contributed by atoms with E-state index in [1.54, 1.807) is 24.1 Å². The molecule has 4 aromatic rings. The molecule has 4 heterocycles. The molecule has 1 aromatic heterocycles. The van der Waals surface area contributed by atoms with Gasteiger partial charge in [-0.05, 0) is 47.9 Å². The Morgan fingerprint density at radius 1 is 0.913 bits per heavy atom. The minimum atomic E-state index is -0.609. The van der Waals surface area contributed by atoms with Crippen LogP contribution in [0.15, 0.2) is 59.4 Å². The van der Waals surface area contributed by atoms with Crippen LogP contribution in [0.3, 0.4) is 0 Å². The smallest absolute Gasteiger partial charge is 0.262 e. The van der Waals surface area contributed by atoms with Gasteiger partial charge in [0.05, 0.1) is 19.7 Å². The molecule has 12 heteroatoms. The Hall–Kier alpha value is -5.23. The number of carbonyl (C=O) groups is 3. The van der Waals surface area contributed by atoms with E-state index in [0.29, 0.717) is 46.8 Å². The zero-order chi connectivity index (χ0) is 31.9. The first-order valence-electron chi connectivity index (χ1n) is 15.3. The van der Waals surface area contributed by atoms with Gasteiger partial charge in [0.1, 0.15) is 28.8 Å². The SMILES string of the molecule is COc1cc(OC)c2c(=O)[nH]c(-c3ccc(N4CCN(Cc5ccc6c(c5)C(=O)N(C5CCC(=O)NC5=O)C6)CC4)cc3)nc2c1. The number of anilines is 1. The van der Waals surface area contributed by atoms with Gasteiger partial charge in [-0.3, -0.25) is 29.4 Å². The number of hydrogen-bond acceptors (Lipinski definition) is 9. The van der Waals surface area contributed by atoms with Gasteiger partial charge < -0.3 is 24.3 Å². The number of amides is 3. The molecule has 12 nitrogen and oxygen atoms in total. The van der Waals surface area contributed by atoms with Crippen LogP contribution in [0.5, 0.6) is 11.5 Å². The van der Waals surface area contributed by atoms with E-state index in [-0.39, 0.29) is 23.8 Å². The van der Waals surface area contributed by atoms with E-state index in [1.165, 1.54) is 7.11 Å². The molecular weight excluding hydrogens is 588 g/mol. The van der Waals surface area contributed by atoms with Crippen LogP contribution in [0.25, 0.3) is 22.3 Å². The Bertz CT molecular complexity index is 1910. The summed E-state index contributed by atoms with van der Waals surface area (Å²) in [6, 6.07) is 16.8. The van der Waals surface area contributed by atoms with Crippen molar-refractivity contribution in [1.82, 2.24) is 25.1 Å². The average Bonchev–Trinajstić information content (AvgIpc) is 3.39. The number of carbonyl (C=O) groups excluding carboxylic acids is 3. The summed E-state index contributed by atoms with van der Waals surface area (Å²) in [5.74, 6) is 0.602. The Kier molecular flexibility index (Phi) is 7.65. The summed E-state index contributed by atoms with van der Waals surface area (Å²) in [5.41, 5.74) is 4.71. The maximum absolute atomic E-state index is 13.2. The normalized spacial score (nSPS) is 18.6. The highest BCUT2D eigenvalue weighted by Crippen LogP contribution is 2.31. The van der Waals surface area contributed by atoms with E-state index < -0.39 is 11.9 Å². The molecule has 2 fully saturated rings. The van der Waals surface area contributed by atoms with Gasteiger partial charge >= 0.3 is 0 Å². The maximum Gasteiger partial charge on any atom is 0.262 e. The lowest BCUT2D eigenvalue weighted by atomic mass is 10.0. The summed E-state index contributed by atoms with van der Waals surface area (Å²) >= 11 is 0. The molecule has 3 amide bonds. The molecule has 1 unspecified atom stereocenters. The molecular formula is C34H34N6O6. The molecule has 3 aliphatic rings. The molecule has 46 heavy (non-hydrogen) atoms. The van der Waals surface area contributed by atoms with Crippen LogP contribution in [0, 0.1) is 0 Å². The van der Waals surface area contributed by atoms with Crippen LogP contribution in [0.4, 0.5) is 5.69 Å². The van der Waals surface area contributed by atoms with Crippen LogP contribution >= 0.6 is 0 Å². The molecule has 0 aliphatic carbocycles. The second-order valence-corrected chi connectivity index (χ2v) is 11.8. The number of piperazine rings is 1. The lowest BCUT2D eigenvalue weighted by molar-refractivity contribution is -0.136. The third-order valence-corrected chi connectivity index (χ3v) is 9.08. The van der Waals surface area contributed by atoms with Crippen molar-refractivity contribution in [2.24, 2.45) is 0 Å². The van der Waals surface area contributed by atoms with Crippen molar-refractivity contribution in [3.05, 3.63) is 81.6 Å². The standard InChI is InChI=1S/C34H34N6O6/c1-45-24-16-26-30(28(17-24)46-2)33(43)37-31(35-26)21-5-7-23(8-6-21)39-13-11-38(12-14-39)18-20-3-4-22-19-40(34(44)25(22)15-20)27-9-10-29(41)36-32(27)42/h3-8,15-17,27H,9-14,18-19H2,1-2H3,(H,35,37,43)(H,36,41,42). The van der Waals surface area contributed by atoms with E-state index in [0.717, 1.165) is 55.1 Å². The highest BCUT2D eigenvalue weighted by Gasteiger charge is 2.39. The van der Waals surface area contributed by atoms with Gasteiger partial charge in [-0.25, -0.2) is 4.98 Å². The predicted molar refractivity (Wildman–Crippen MR) is 171 cm³/mol. The van der Waals surface area contributed by atoms with E-state index in [4.69, 9.17) is 9.47 Å². The number of ether oxygens (including phenoxy) is 2. The van der Waals surface area contributed by atoms with Crippen LogP contribution in [-0.2, 0) is 22.7 Å². The van der Waals surface area contributed by atoms with Crippen molar-refractivity contribution in [2.75, 3.05) is 45.3 Å². The third-order valence-electron chi connectivity index (χ3n) is 9.08. The fourth-order valence-electron chi connectivity index (χ4n) is 6.58. The van der Waals surface area contributed by atoms with Gasteiger partial charge in [-0.15, -0.1) is 0 Å².